The van der Waals surface area contributed by atoms with Crippen molar-refractivity contribution in [2.75, 3.05) is 6.61 Å². The van der Waals surface area contributed by atoms with Gasteiger partial charge in [-0.25, -0.2) is 0 Å². The van der Waals surface area contributed by atoms with Crippen LogP contribution in [0.2, 0.25) is 5.02 Å². The Balaban J connectivity index is 1.97. The topological polar surface area (TPSA) is 48.4 Å². The average molecular weight is 317 g/mol. The highest BCUT2D eigenvalue weighted by molar-refractivity contribution is 9.10. The maximum absolute atomic E-state index is 5.96. The van der Waals surface area contributed by atoms with E-state index in [1.165, 1.54) is 0 Å². The van der Waals surface area contributed by atoms with Gasteiger partial charge in [-0.3, -0.25) is 0 Å². The second-order valence-corrected chi connectivity index (χ2v) is 4.68. The van der Waals surface area contributed by atoms with Crippen molar-refractivity contribution in [2.45, 2.75) is 6.04 Å². The zero-order chi connectivity index (χ0) is 12.3. The molecule has 0 fully saturated rings. The molecule has 90 valence electrons. The Hall–Kier alpha value is -0.970. The average Bonchev–Trinajstić information content (AvgIpc) is 2.74. The van der Waals surface area contributed by atoms with Crippen molar-refractivity contribution in [1.82, 2.24) is 0 Å². The molecule has 0 saturated carbocycles. The van der Waals surface area contributed by atoms with Gasteiger partial charge in [0.05, 0.1) is 11.1 Å². The second kappa shape index (κ2) is 5.58. The first-order chi connectivity index (χ1) is 8.16. The molecule has 0 aliphatic carbocycles. The zero-order valence-corrected chi connectivity index (χ0v) is 11.2. The number of para-hydroxylation sites is 1. The van der Waals surface area contributed by atoms with Gasteiger partial charge in [0.2, 0.25) is 0 Å². The number of furan rings is 1. The molecule has 1 unspecified atom stereocenters. The van der Waals surface area contributed by atoms with Gasteiger partial charge in [-0.15, -0.1) is 0 Å². The first-order valence-electron chi connectivity index (χ1n) is 5.05. The summed E-state index contributed by atoms with van der Waals surface area (Å²) in [5.41, 5.74) is 5.92. The molecular weight excluding hydrogens is 305 g/mol. The van der Waals surface area contributed by atoms with Gasteiger partial charge in [0, 0.05) is 0 Å². The Kier molecular flexibility index (Phi) is 4.10. The highest BCUT2D eigenvalue weighted by Gasteiger charge is 2.12. The lowest BCUT2D eigenvalue weighted by Crippen LogP contribution is -2.18. The van der Waals surface area contributed by atoms with Crippen LogP contribution in [0.3, 0.4) is 0 Å². The molecule has 2 rings (SSSR count). The summed E-state index contributed by atoms with van der Waals surface area (Å²) in [5, 5.41) is 0.570. The van der Waals surface area contributed by atoms with Crippen molar-refractivity contribution in [2.24, 2.45) is 5.73 Å². The molecule has 0 amide bonds. The van der Waals surface area contributed by atoms with Crippen LogP contribution in [0.1, 0.15) is 11.8 Å². The molecule has 0 aliphatic rings. The lowest BCUT2D eigenvalue weighted by molar-refractivity contribution is 0.271. The molecule has 17 heavy (non-hydrogen) atoms. The van der Waals surface area contributed by atoms with E-state index < -0.39 is 0 Å². The first kappa shape index (κ1) is 12.5. The van der Waals surface area contributed by atoms with E-state index in [0.29, 0.717) is 27.8 Å². The van der Waals surface area contributed by atoms with E-state index in [9.17, 15) is 0 Å². The van der Waals surface area contributed by atoms with Crippen LogP contribution < -0.4 is 10.5 Å². The van der Waals surface area contributed by atoms with Crippen LogP contribution in [0.4, 0.5) is 0 Å². The number of hydrogen-bond acceptors (Lipinski definition) is 3. The lowest BCUT2D eigenvalue weighted by Gasteiger charge is -2.11. The molecule has 0 aliphatic heterocycles. The highest BCUT2D eigenvalue weighted by Crippen LogP contribution is 2.25. The van der Waals surface area contributed by atoms with Crippen LogP contribution in [0.25, 0.3) is 0 Å². The third-order valence-corrected chi connectivity index (χ3v) is 2.95. The molecule has 0 bridgehead atoms. The smallest absolute Gasteiger partial charge is 0.169 e. The molecule has 1 atom stereocenters. The minimum atomic E-state index is -0.322. The minimum Gasteiger partial charge on any atom is -0.490 e. The maximum atomic E-state index is 5.96. The van der Waals surface area contributed by atoms with Gasteiger partial charge in [-0.05, 0) is 40.2 Å². The van der Waals surface area contributed by atoms with E-state index in [2.05, 4.69) is 15.9 Å². The van der Waals surface area contributed by atoms with E-state index in [4.69, 9.17) is 26.5 Å². The molecule has 0 saturated heterocycles. The molecule has 0 radical (unpaired) electrons. The summed E-state index contributed by atoms with van der Waals surface area (Å²) in [4.78, 5) is 0. The molecular formula is C12H11BrClNO2. The normalized spacial score (nSPS) is 12.4. The molecule has 1 heterocycles. The Morgan fingerprint density at radius 1 is 1.29 bits per heavy atom. The molecule has 0 spiro atoms. The fourth-order valence-electron chi connectivity index (χ4n) is 1.35. The first-order valence-corrected chi connectivity index (χ1v) is 6.22. The largest absolute Gasteiger partial charge is 0.490 e. The van der Waals surface area contributed by atoms with E-state index in [0.717, 1.165) is 0 Å². The lowest BCUT2D eigenvalue weighted by atomic mass is 10.2. The summed E-state index contributed by atoms with van der Waals surface area (Å²) in [6, 6.07) is 10.6. The van der Waals surface area contributed by atoms with Crippen molar-refractivity contribution >= 4 is 27.5 Å². The Bertz CT molecular complexity index is 501. The standard InChI is InChI=1S/C12H11BrClNO2/c13-12-6-5-11(17-12)9(15)7-16-10-4-2-1-3-8(10)14/h1-6,9H,7,15H2. The molecule has 5 heteroatoms. The quantitative estimate of drug-likeness (QED) is 0.934. The highest BCUT2D eigenvalue weighted by atomic mass is 79.9. The van der Waals surface area contributed by atoms with Crippen LogP contribution in [-0.2, 0) is 0 Å². The van der Waals surface area contributed by atoms with E-state index in [-0.39, 0.29) is 6.04 Å². The van der Waals surface area contributed by atoms with Crippen LogP contribution >= 0.6 is 27.5 Å². The summed E-state index contributed by atoms with van der Waals surface area (Å²) >= 11 is 9.18. The fourth-order valence-corrected chi connectivity index (χ4v) is 1.86. The Labute approximate surface area is 113 Å². The van der Waals surface area contributed by atoms with E-state index in [1.807, 2.05) is 18.2 Å². The number of benzene rings is 1. The van der Waals surface area contributed by atoms with Crippen LogP contribution in [0.5, 0.6) is 5.75 Å². The van der Waals surface area contributed by atoms with Crippen LogP contribution in [0.15, 0.2) is 45.5 Å². The van der Waals surface area contributed by atoms with E-state index >= 15 is 0 Å². The van der Waals surface area contributed by atoms with Gasteiger partial charge in [0.1, 0.15) is 18.1 Å². The third-order valence-electron chi connectivity index (χ3n) is 2.21. The predicted octanol–water partition coefficient (Wildman–Crippen LogP) is 3.77. The number of rotatable bonds is 4. The summed E-state index contributed by atoms with van der Waals surface area (Å²) < 4.78 is 11.5. The minimum absolute atomic E-state index is 0.309. The summed E-state index contributed by atoms with van der Waals surface area (Å²) in [6.07, 6.45) is 0. The van der Waals surface area contributed by atoms with Crippen molar-refractivity contribution in [3.8, 4) is 5.75 Å². The number of halogens is 2. The van der Waals surface area contributed by atoms with Gasteiger partial charge in [0.15, 0.2) is 4.67 Å². The molecule has 1 aromatic heterocycles. The van der Waals surface area contributed by atoms with Crippen molar-refractivity contribution in [3.05, 3.63) is 51.9 Å². The van der Waals surface area contributed by atoms with E-state index in [1.54, 1.807) is 18.2 Å². The van der Waals surface area contributed by atoms with Gasteiger partial charge in [0.25, 0.3) is 0 Å². The van der Waals surface area contributed by atoms with Gasteiger partial charge in [-0.1, -0.05) is 23.7 Å². The summed E-state index contributed by atoms with van der Waals surface area (Å²) in [6.45, 7) is 0.309. The molecule has 2 N–H and O–H groups in total. The van der Waals surface area contributed by atoms with Crippen molar-refractivity contribution in [1.29, 1.82) is 0 Å². The molecule has 3 nitrogen and oxygen atoms in total. The fraction of sp³-hybridized carbons (Fsp3) is 0.167. The SMILES string of the molecule is NC(COc1ccccc1Cl)c1ccc(Br)o1. The number of ether oxygens (including phenoxy) is 1. The Morgan fingerprint density at radius 3 is 2.71 bits per heavy atom. The Morgan fingerprint density at radius 2 is 2.06 bits per heavy atom. The summed E-state index contributed by atoms with van der Waals surface area (Å²) in [7, 11) is 0. The second-order valence-electron chi connectivity index (χ2n) is 3.49. The van der Waals surface area contributed by atoms with Gasteiger partial charge in [-0.2, -0.15) is 0 Å². The summed E-state index contributed by atoms with van der Waals surface area (Å²) in [5.74, 6) is 1.29. The van der Waals surface area contributed by atoms with Crippen molar-refractivity contribution in [3.63, 3.8) is 0 Å². The molecule has 1 aromatic carbocycles. The zero-order valence-electron chi connectivity index (χ0n) is 8.90. The monoisotopic (exact) mass is 315 g/mol. The predicted molar refractivity (Wildman–Crippen MR) is 70.3 cm³/mol. The van der Waals surface area contributed by atoms with Crippen LogP contribution in [0, 0.1) is 0 Å². The van der Waals surface area contributed by atoms with Gasteiger partial charge < -0.3 is 14.9 Å². The maximum Gasteiger partial charge on any atom is 0.169 e. The van der Waals surface area contributed by atoms with Crippen molar-refractivity contribution < 1.29 is 9.15 Å². The number of hydrogen-bond donors (Lipinski definition) is 1. The third kappa shape index (κ3) is 3.25. The number of nitrogens with two attached hydrogens (primary N) is 1. The van der Waals surface area contributed by atoms with Crippen LogP contribution in [-0.4, -0.2) is 6.61 Å². The molecule has 2 aromatic rings. The van der Waals surface area contributed by atoms with Gasteiger partial charge >= 0.3 is 0 Å².